The predicted octanol–water partition coefficient (Wildman–Crippen LogP) is 1.32. The molecular weight excluding hydrogens is 226 g/mol. The van der Waals surface area contributed by atoms with E-state index in [1.807, 2.05) is 0 Å². The number of rotatable bonds is 3. The van der Waals surface area contributed by atoms with Gasteiger partial charge < -0.3 is 10.4 Å². The second kappa shape index (κ2) is 5.93. The summed E-state index contributed by atoms with van der Waals surface area (Å²) in [7, 11) is 0. The van der Waals surface area contributed by atoms with Crippen LogP contribution >= 0.6 is 11.3 Å². The number of amides is 1. The molecule has 0 saturated carbocycles. The van der Waals surface area contributed by atoms with E-state index in [1.165, 1.54) is 18.3 Å². The Morgan fingerprint density at radius 2 is 2.31 bits per heavy atom. The van der Waals surface area contributed by atoms with Crippen LogP contribution in [-0.4, -0.2) is 23.5 Å². The van der Waals surface area contributed by atoms with Gasteiger partial charge >= 0.3 is 5.97 Å². The summed E-state index contributed by atoms with van der Waals surface area (Å²) in [6.07, 6.45) is 0.555. The van der Waals surface area contributed by atoms with Crippen molar-refractivity contribution in [3.63, 3.8) is 0 Å². The summed E-state index contributed by atoms with van der Waals surface area (Å²) < 4.78 is 0. The molecule has 1 rings (SSSR count). The van der Waals surface area contributed by atoms with Crippen LogP contribution in [0.15, 0.2) is 11.4 Å². The zero-order chi connectivity index (χ0) is 12.0. The van der Waals surface area contributed by atoms with Crippen molar-refractivity contribution in [2.24, 2.45) is 0 Å². The average Bonchev–Trinajstić information content (AvgIpc) is 2.65. The highest BCUT2D eigenvalue weighted by molar-refractivity contribution is 7.10. The summed E-state index contributed by atoms with van der Waals surface area (Å²) in [5, 5.41) is 12.9. The number of nitrogens with one attached hydrogen (secondary N) is 1. The Bertz CT molecular complexity index is 453. The van der Waals surface area contributed by atoms with E-state index in [2.05, 4.69) is 17.2 Å². The van der Waals surface area contributed by atoms with Gasteiger partial charge in [0, 0.05) is 25.3 Å². The second-order valence-electron chi connectivity index (χ2n) is 3.04. The van der Waals surface area contributed by atoms with Gasteiger partial charge in [-0.1, -0.05) is 11.8 Å². The van der Waals surface area contributed by atoms with E-state index in [0.717, 1.165) is 4.88 Å². The third kappa shape index (κ3) is 4.15. The Morgan fingerprint density at radius 1 is 1.56 bits per heavy atom. The van der Waals surface area contributed by atoms with Gasteiger partial charge in [-0.25, -0.2) is 4.79 Å². The molecule has 0 saturated heterocycles. The molecule has 1 aromatic heterocycles. The molecule has 84 valence electrons. The molecule has 2 N–H and O–H groups in total. The zero-order valence-electron chi connectivity index (χ0n) is 8.74. The minimum absolute atomic E-state index is 0.0777. The molecule has 0 unspecified atom stereocenters. The van der Waals surface area contributed by atoms with E-state index in [1.54, 1.807) is 11.4 Å². The lowest BCUT2D eigenvalue weighted by atomic mass is 10.3. The van der Waals surface area contributed by atoms with Crippen LogP contribution in [0.25, 0.3) is 0 Å². The fourth-order valence-corrected chi connectivity index (χ4v) is 1.71. The van der Waals surface area contributed by atoms with Crippen LogP contribution in [0.1, 0.15) is 28.6 Å². The lowest BCUT2D eigenvalue weighted by molar-refractivity contribution is -0.118. The molecule has 1 amide bonds. The van der Waals surface area contributed by atoms with Crippen LogP contribution in [0.3, 0.4) is 0 Å². The van der Waals surface area contributed by atoms with E-state index >= 15 is 0 Å². The number of carbonyl (C=O) groups excluding carboxylic acids is 1. The monoisotopic (exact) mass is 237 g/mol. The van der Waals surface area contributed by atoms with Crippen molar-refractivity contribution >= 4 is 23.2 Å². The van der Waals surface area contributed by atoms with Gasteiger partial charge in [-0.15, -0.1) is 11.3 Å². The van der Waals surface area contributed by atoms with Crippen LogP contribution in [0.2, 0.25) is 0 Å². The molecule has 16 heavy (non-hydrogen) atoms. The molecule has 0 aromatic carbocycles. The SMILES string of the molecule is CC(=O)NCCC#Cc1cc(C(=O)O)cs1. The van der Waals surface area contributed by atoms with Crippen molar-refractivity contribution in [3.05, 3.63) is 21.9 Å². The first-order chi connectivity index (χ1) is 7.59. The number of carboxylic acid groups (broad SMARTS) is 1. The maximum atomic E-state index is 10.6. The highest BCUT2D eigenvalue weighted by atomic mass is 32.1. The van der Waals surface area contributed by atoms with Gasteiger partial charge in [-0.3, -0.25) is 4.79 Å². The largest absolute Gasteiger partial charge is 0.478 e. The summed E-state index contributed by atoms with van der Waals surface area (Å²) in [6.45, 7) is 1.96. The Morgan fingerprint density at radius 3 is 2.88 bits per heavy atom. The molecule has 0 fully saturated rings. The quantitative estimate of drug-likeness (QED) is 0.615. The van der Waals surface area contributed by atoms with Gasteiger partial charge in [0.25, 0.3) is 0 Å². The Hall–Kier alpha value is -1.80. The van der Waals surface area contributed by atoms with Gasteiger partial charge in [0.2, 0.25) is 5.91 Å². The zero-order valence-corrected chi connectivity index (χ0v) is 9.56. The van der Waals surface area contributed by atoms with Crippen LogP contribution < -0.4 is 5.32 Å². The summed E-state index contributed by atoms with van der Waals surface area (Å²) in [5.41, 5.74) is 0.260. The molecule has 0 atom stereocenters. The number of carboxylic acids is 1. The lowest BCUT2D eigenvalue weighted by Crippen LogP contribution is -2.20. The first-order valence-corrected chi connectivity index (χ1v) is 5.52. The molecule has 0 aliphatic heterocycles. The standard InChI is InChI=1S/C11H11NO3S/c1-8(13)12-5-3-2-4-10-6-9(7-16-10)11(14)15/h6-7H,3,5H2,1H3,(H,12,13)(H,14,15). The molecule has 0 bridgehead atoms. The predicted molar refractivity (Wildman–Crippen MR) is 61.5 cm³/mol. The number of aromatic carboxylic acids is 1. The average molecular weight is 237 g/mol. The van der Waals surface area contributed by atoms with Crippen molar-refractivity contribution < 1.29 is 14.7 Å². The summed E-state index contributed by atoms with van der Waals surface area (Å²) in [6, 6.07) is 1.54. The van der Waals surface area contributed by atoms with E-state index in [-0.39, 0.29) is 11.5 Å². The van der Waals surface area contributed by atoms with E-state index in [0.29, 0.717) is 13.0 Å². The van der Waals surface area contributed by atoms with E-state index < -0.39 is 5.97 Å². The third-order valence-electron chi connectivity index (χ3n) is 1.68. The highest BCUT2D eigenvalue weighted by Crippen LogP contribution is 2.13. The topological polar surface area (TPSA) is 66.4 Å². The fourth-order valence-electron chi connectivity index (χ4n) is 0.965. The number of hydrogen-bond donors (Lipinski definition) is 2. The molecule has 1 aromatic rings. The van der Waals surface area contributed by atoms with Crippen molar-refractivity contribution in [2.45, 2.75) is 13.3 Å². The first-order valence-electron chi connectivity index (χ1n) is 4.64. The van der Waals surface area contributed by atoms with Gasteiger partial charge in [0.15, 0.2) is 0 Å². The van der Waals surface area contributed by atoms with Crippen molar-refractivity contribution in [2.75, 3.05) is 6.54 Å². The van der Waals surface area contributed by atoms with Crippen LogP contribution in [0.5, 0.6) is 0 Å². The molecule has 0 spiro atoms. The number of thiophene rings is 1. The summed E-state index contributed by atoms with van der Waals surface area (Å²) in [5.74, 6) is 4.69. The van der Waals surface area contributed by atoms with E-state index in [9.17, 15) is 9.59 Å². The Balaban J connectivity index is 2.44. The first kappa shape index (κ1) is 12.3. The second-order valence-corrected chi connectivity index (χ2v) is 3.95. The lowest BCUT2D eigenvalue weighted by Gasteiger charge is -1.94. The Labute approximate surface area is 97.3 Å². The third-order valence-corrected chi connectivity index (χ3v) is 2.53. The molecule has 0 aliphatic carbocycles. The Kier molecular flexibility index (Phi) is 4.55. The van der Waals surface area contributed by atoms with Gasteiger partial charge in [-0.2, -0.15) is 0 Å². The molecule has 5 heteroatoms. The normalized spacial score (nSPS) is 9.06. The minimum atomic E-state index is -0.942. The molecule has 1 heterocycles. The maximum Gasteiger partial charge on any atom is 0.336 e. The van der Waals surface area contributed by atoms with Crippen molar-refractivity contribution in [3.8, 4) is 11.8 Å². The van der Waals surface area contributed by atoms with Gasteiger partial charge in [-0.05, 0) is 6.07 Å². The maximum absolute atomic E-state index is 10.6. The molecular formula is C11H11NO3S. The van der Waals surface area contributed by atoms with Gasteiger partial charge in [0.1, 0.15) is 0 Å². The molecule has 0 aliphatic rings. The smallest absolute Gasteiger partial charge is 0.336 e. The summed E-state index contributed by atoms with van der Waals surface area (Å²) >= 11 is 1.30. The summed E-state index contributed by atoms with van der Waals surface area (Å²) in [4.78, 5) is 21.8. The number of carbonyl (C=O) groups is 2. The number of hydrogen-bond acceptors (Lipinski definition) is 3. The minimum Gasteiger partial charge on any atom is -0.478 e. The van der Waals surface area contributed by atoms with Crippen molar-refractivity contribution in [1.29, 1.82) is 0 Å². The highest BCUT2D eigenvalue weighted by Gasteiger charge is 2.03. The van der Waals surface area contributed by atoms with Crippen LogP contribution in [-0.2, 0) is 4.79 Å². The van der Waals surface area contributed by atoms with Gasteiger partial charge in [0.05, 0.1) is 10.4 Å². The van der Waals surface area contributed by atoms with E-state index in [4.69, 9.17) is 5.11 Å². The molecule has 0 radical (unpaired) electrons. The van der Waals surface area contributed by atoms with Crippen molar-refractivity contribution in [1.82, 2.24) is 5.32 Å². The fraction of sp³-hybridized carbons (Fsp3) is 0.273. The molecule has 4 nitrogen and oxygen atoms in total. The van der Waals surface area contributed by atoms with Crippen LogP contribution in [0, 0.1) is 11.8 Å². The van der Waals surface area contributed by atoms with Crippen LogP contribution in [0.4, 0.5) is 0 Å².